The van der Waals surface area contributed by atoms with E-state index in [9.17, 15) is 14.4 Å². The van der Waals surface area contributed by atoms with Crippen LogP contribution in [0.2, 0.25) is 0 Å². The monoisotopic (exact) mass is 362 g/mol. The van der Waals surface area contributed by atoms with Gasteiger partial charge in [0.05, 0.1) is 19.8 Å². The van der Waals surface area contributed by atoms with Gasteiger partial charge in [-0.2, -0.15) is 0 Å². The summed E-state index contributed by atoms with van der Waals surface area (Å²) in [7, 11) is 0. The smallest absolute Gasteiger partial charge is 0.340 e. The molecule has 1 amide bonds. The highest BCUT2D eigenvalue weighted by Gasteiger charge is 2.50. The molecule has 1 aliphatic heterocycles. The molecular formula is C18H22N2O6. The van der Waals surface area contributed by atoms with Crippen molar-refractivity contribution in [3.8, 4) is 0 Å². The Bertz CT molecular complexity index is 743. The first-order valence-corrected chi connectivity index (χ1v) is 8.43. The van der Waals surface area contributed by atoms with Crippen molar-refractivity contribution < 1.29 is 28.6 Å². The molecule has 0 fully saturated rings. The van der Waals surface area contributed by atoms with Gasteiger partial charge >= 0.3 is 11.9 Å². The molecule has 2 rings (SSSR count). The Morgan fingerprint density at radius 2 is 1.85 bits per heavy atom. The molecule has 0 spiro atoms. The summed E-state index contributed by atoms with van der Waals surface area (Å²) in [4.78, 5) is 43.3. The first-order valence-electron chi connectivity index (χ1n) is 8.43. The Labute approximate surface area is 151 Å². The Kier molecular flexibility index (Phi) is 6.32. The number of carbonyl (C=O) groups is 3. The molecule has 0 saturated heterocycles. The molecule has 1 atom stereocenters. The lowest BCUT2D eigenvalue weighted by Crippen LogP contribution is -2.44. The van der Waals surface area contributed by atoms with Gasteiger partial charge in [0.15, 0.2) is 11.8 Å². The van der Waals surface area contributed by atoms with Crippen molar-refractivity contribution in [2.75, 3.05) is 24.7 Å². The van der Waals surface area contributed by atoms with E-state index >= 15 is 0 Å². The summed E-state index contributed by atoms with van der Waals surface area (Å²) < 4.78 is 15.5. The van der Waals surface area contributed by atoms with Gasteiger partial charge in [0, 0.05) is 6.20 Å². The number of nitrogens with zero attached hydrogens (tertiary/aromatic N) is 2. The Morgan fingerprint density at radius 3 is 2.42 bits per heavy atom. The standard InChI is InChI=1S/C18H22N2O6/c1-5-24-15-13(17(22)25-6-2)14(18(23)26-7-3)20(16(15)21)12-10-11(4)8-9-19-12/h8-10,14H,5-7H2,1-4H3. The van der Waals surface area contributed by atoms with Crippen LogP contribution in [0.15, 0.2) is 29.7 Å². The summed E-state index contributed by atoms with van der Waals surface area (Å²) in [6.45, 7) is 7.11. The number of rotatable bonds is 7. The fourth-order valence-corrected chi connectivity index (χ4v) is 2.62. The molecular weight excluding hydrogens is 340 g/mol. The number of aryl methyl sites for hydroxylation is 1. The molecule has 0 aromatic carbocycles. The largest absolute Gasteiger partial charge is 0.488 e. The van der Waals surface area contributed by atoms with Crippen molar-refractivity contribution in [1.29, 1.82) is 0 Å². The first kappa shape index (κ1) is 19.4. The number of aromatic nitrogens is 1. The highest BCUT2D eigenvalue weighted by atomic mass is 16.5. The number of hydrogen-bond acceptors (Lipinski definition) is 7. The average Bonchev–Trinajstić information content (AvgIpc) is 2.89. The lowest BCUT2D eigenvalue weighted by atomic mass is 10.1. The summed E-state index contributed by atoms with van der Waals surface area (Å²) in [5, 5.41) is 0. The van der Waals surface area contributed by atoms with Gasteiger partial charge in [-0.25, -0.2) is 14.6 Å². The number of esters is 2. The van der Waals surface area contributed by atoms with Crippen molar-refractivity contribution >= 4 is 23.7 Å². The van der Waals surface area contributed by atoms with Crippen molar-refractivity contribution in [2.24, 2.45) is 0 Å². The Balaban J connectivity index is 2.60. The lowest BCUT2D eigenvalue weighted by Gasteiger charge is -2.23. The van der Waals surface area contributed by atoms with Gasteiger partial charge in [0.25, 0.3) is 5.91 Å². The molecule has 26 heavy (non-hydrogen) atoms. The molecule has 2 heterocycles. The second-order valence-corrected chi connectivity index (χ2v) is 5.42. The number of pyridine rings is 1. The third-order valence-electron chi connectivity index (χ3n) is 3.63. The molecule has 0 bridgehead atoms. The van der Waals surface area contributed by atoms with Gasteiger partial charge in [-0.1, -0.05) is 0 Å². The third-order valence-corrected chi connectivity index (χ3v) is 3.63. The van der Waals surface area contributed by atoms with Crippen molar-refractivity contribution in [3.63, 3.8) is 0 Å². The number of carbonyl (C=O) groups excluding carboxylic acids is 3. The van der Waals surface area contributed by atoms with E-state index in [1.54, 1.807) is 32.9 Å². The minimum atomic E-state index is -1.31. The normalized spacial score (nSPS) is 16.7. The van der Waals surface area contributed by atoms with Crippen molar-refractivity contribution in [1.82, 2.24) is 4.98 Å². The van der Waals surface area contributed by atoms with E-state index in [0.717, 1.165) is 10.5 Å². The Morgan fingerprint density at radius 1 is 1.15 bits per heavy atom. The second-order valence-electron chi connectivity index (χ2n) is 5.42. The van der Waals surface area contributed by atoms with E-state index in [1.807, 2.05) is 6.92 Å². The number of anilines is 1. The predicted octanol–water partition coefficient (Wildman–Crippen LogP) is 1.52. The van der Waals surface area contributed by atoms with E-state index in [2.05, 4.69) is 4.98 Å². The first-order chi connectivity index (χ1) is 12.5. The van der Waals surface area contributed by atoms with Crippen LogP contribution in [0.25, 0.3) is 0 Å². The summed E-state index contributed by atoms with van der Waals surface area (Å²) in [5.74, 6) is -2.16. The van der Waals surface area contributed by atoms with E-state index in [0.29, 0.717) is 0 Å². The highest BCUT2D eigenvalue weighted by Crippen LogP contribution is 2.33. The quantitative estimate of drug-likeness (QED) is 0.679. The molecule has 0 N–H and O–H groups in total. The topological polar surface area (TPSA) is 95.0 Å². The third kappa shape index (κ3) is 3.68. The van der Waals surface area contributed by atoms with E-state index < -0.39 is 23.9 Å². The lowest BCUT2D eigenvalue weighted by molar-refractivity contribution is -0.147. The summed E-state index contributed by atoms with van der Waals surface area (Å²) in [6.07, 6.45) is 1.52. The summed E-state index contributed by atoms with van der Waals surface area (Å²) >= 11 is 0. The molecule has 0 aliphatic carbocycles. The molecule has 0 saturated carbocycles. The van der Waals surface area contributed by atoms with Crippen LogP contribution in [-0.2, 0) is 28.6 Å². The maximum Gasteiger partial charge on any atom is 0.340 e. The maximum atomic E-state index is 12.9. The molecule has 1 unspecified atom stereocenters. The minimum Gasteiger partial charge on any atom is -0.488 e. The maximum absolute atomic E-state index is 12.9. The van der Waals surface area contributed by atoms with E-state index in [4.69, 9.17) is 14.2 Å². The van der Waals surface area contributed by atoms with Crippen LogP contribution in [0.1, 0.15) is 26.3 Å². The van der Waals surface area contributed by atoms with Gasteiger partial charge in [-0.15, -0.1) is 0 Å². The van der Waals surface area contributed by atoms with Gasteiger partial charge in [0.2, 0.25) is 0 Å². The fraction of sp³-hybridized carbons (Fsp3) is 0.444. The van der Waals surface area contributed by atoms with Crippen LogP contribution in [0.3, 0.4) is 0 Å². The zero-order valence-electron chi connectivity index (χ0n) is 15.3. The van der Waals surface area contributed by atoms with Crippen LogP contribution >= 0.6 is 0 Å². The van der Waals surface area contributed by atoms with Crippen molar-refractivity contribution in [2.45, 2.75) is 33.7 Å². The molecule has 1 aromatic heterocycles. The van der Waals surface area contributed by atoms with Crippen LogP contribution in [0, 0.1) is 6.92 Å². The number of amides is 1. The minimum absolute atomic E-state index is 0.0914. The zero-order valence-corrected chi connectivity index (χ0v) is 15.3. The predicted molar refractivity (Wildman–Crippen MR) is 92.2 cm³/mol. The van der Waals surface area contributed by atoms with Crippen molar-refractivity contribution in [3.05, 3.63) is 35.2 Å². The Hall–Kier alpha value is -2.90. The fourth-order valence-electron chi connectivity index (χ4n) is 2.62. The molecule has 8 heteroatoms. The number of ether oxygens (including phenoxy) is 3. The van der Waals surface area contributed by atoms with Gasteiger partial charge in [-0.3, -0.25) is 9.69 Å². The van der Waals surface area contributed by atoms with Crippen LogP contribution in [0.5, 0.6) is 0 Å². The molecule has 140 valence electrons. The molecule has 1 aliphatic rings. The van der Waals surface area contributed by atoms with Crippen LogP contribution < -0.4 is 4.90 Å². The van der Waals surface area contributed by atoms with Gasteiger partial charge in [-0.05, 0) is 45.4 Å². The van der Waals surface area contributed by atoms with Crippen LogP contribution in [0.4, 0.5) is 5.82 Å². The molecule has 1 aromatic rings. The van der Waals surface area contributed by atoms with Gasteiger partial charge in [0.1, 0.15) is 11.4 Å². The zero-order chi connectivity index (χ0) is 19.3. The van der Waals surface area contributed by atoms with Crippen LogP contribution in [-0.4, -0.2) is 48.7 Å². The summed E-state index contributed by atoms with van der Waals surface area (Å²) in [5.41, 5.74) is 0.674. The van der Waals surface area contributed by atoms with E-state index in [1.165, 1.54) is 6.20 Å². The summed E-state index contributed by atoms with van der Waals surface area (Å²) in [6, 6.07) is 2.09. The van der Waals surface area contributed by atoms with Gasteiger partial charge < -0.3 is 14.2 Å². The average molecular weight is 362 g/mol. The SMILES string of the molecule is CCOC(=O)C1=C(OCC)C(=O)N(c2cc(C)ccn2)C1C(=O)OCC. The molecule has 8 nitrogen and oxygen atoms in total. The highest BCUT2D eigenvalue weighted by molar-refractivity contribution is 6.19. The van der Waals surface area contributed by atoms with E-state index in [-0.39, 0.29) is 37.0 Å². The second kappa shape index (κ2) is 8.46. The number of hydrogen-bond donors (Lipinski definition) is 0. The molecule has 0 radical (unpaired) electrons.